The number of thiazole rings is 1. The number of benzene rings is 2. The Morgan fingerprint density at radius 2 is 2.08 bits per heavy atom. The highest BCUT2D eigenvalue weighted by Crippen LogP contribution is 2.33. The van der Waals surface area contributed by atoms with E-state index >= 15 is 0 Å². The van der Waals surface area contributed by atoms with Crippen molar-refractivity contribution >= 4 is 34.0 Å². The lowest BCUT2D eigenvalue weighted by molar-refractivity contribution is -0.115. The average molecular weight is 373 g/mol. The number of anilines is 1. The molecule has 1 heterocycles. The van der Waals surface area contributed by atoms with Crippen LogP contribution in [0.4, 0.5) is 5.13 Å². The largest absolute Gasteiger partial charge is 0.496 e. The van der Waals surface area contributed by atoms with Gasteiger partial charge in [0, 0.05) is 16.0 Å². The number of nitrogens with zero attached hydrogens (tertiary/aromatic N) is 1. The fourth-order valence-electron chi connectivity index (χ4n) is 2.46. The zero-order valence-electron chi connectivity index (χ0n) is 13.9. The molecule has 0 saturated carbocycles. The summed E-state index contributed by atoms with van der Waals surface area (Å²) in [6.07, 6.45) is 0.211. The van der Waals surface area contributed by atoms with Gasteiger partial charge in [0.15, 0.2) is 5.13 Å². The molecule has 1 amide bonds. The monoisotopic (exact) mass is 372 g/mol. The number of hydrogen-bond acceptors (Lipinski definition) is 4. The van der Waals surface area contributed by atoms with E-state index in [9.17, 15) is 4.79 Å². The van der Waals surface area contributed by atoms with Crippen LogP contribution in [-0.2, 0) is 11.2 Å². The molecule has 1 aromatic heterocycles. The van der Waals surface area contributed by atoms with Gasteiger partial charge in [-0.2, -0.15) is 0 Å². The molecule has 3 rings (SSSR count). The number of hydrogen-bond donors (Lipinski definition) is 1. The topological polar surface area (TPSA) is 51.2 Å². The maximum atomic E-state index is 12.2. The third kappa shape index (κ3) is 4.18. The van der Waals surface area contributed by atoms with Gasteiger partial charge >= 0.3 is 0 Å². The minimum Gasteiger partial charge on any atom is -0.496 e. The number of carbonyl (C=O) groups excluding carboxylic acids is 1. The first-order valence-electron chi connectivity index (χ1n) is 7.70. The van der Waals surface area contributed by atoms with Crippen molar-refractivity contribution in [3.05, 3.63) is 64.0 Å². The molecule has 128 valence electrons. The van der Waals surface area contributed by atoms with E-state index in [4.69, 9.17) is 16.3 Å². The molecule has 0 spiro atoms. The van der Waals surface area contributed by atoms with Crippen LogP contribution >= 0.6 is 22.9 Å². The van der Waals surface area contributed by atoms with Gasteiger partial charge in [-0.05, 0) is 30.7 Å². The summed E-state index contributed by atoms with van der Waals surface area (Å²) in [6.45, 7) is 2.02. The Morgan fingerprint density at radius 1 is 1.28 bits per heavy atom. The van der Waals surface area contributed by atoms with Crippen LogP contribution < -0.4 is 10.1 Å². The standard InChI is InChI=1S/C19H17ClN2O2S/c1-12-7-8-17(24-2)14(9-12)16-11-25-19(21-16)22-18(23)10-13-5-3-4-6-15(13)20/h3-9,11H,10H2,1-2H3,(H,21,22,23). The number of nitrogens with one attached hydrogen (secondary N) is 1. The van der Waals surface area contributed by atoms with Crippen molar-refractivity contribution in [2.24, 2.45) is 0 Å². The van der Waals surface area contributed by atoms with E-state index in [1.54, 1.807) is 13.2 Å². The molecule has 0 saturated heterocycles. The molecule has 0 aliphatic heterocycles. The summed E-state index contributed by atoms with van der Waals surface area (Å²) in [7, 11) is 1.63. The zero-order chi connectivity index (χ0) is 17.8. The summed E-state index contributed by atoms with van der Waals surface area (Å²) in [5.41, 5.74) is 3.59. The Hall–Kier alpha value is -2.37. The summed E-state index contributed by atoms with van der Waals surface area (Å²) < 4.78 is 5.40. The van der Waals surface area contributed by atoms with Gasteiger partial charge in [0.1, 0.15) is 5.75 Å². The Bertz CT molecular complexity index is 908. The van der Waals surface area contributed by atoms with E-state index in [2.05, 4.69) is 10.3 Å². The summed E-state index contributed by atoms with van der Waals surface area (Å²) in [6, 6.07) is 13.2. The summed E-state index contributed by atoms with van der Waals surface area (Å²) in [5, 5.41) is 5.87. The fraction of sp³-hybridized carbons (Fsp3) is 0.158. The van der Waals surface area contributed by atoms with Crippen LogP contribution in [0.5, 0.6) is 5.75 Å². The first-order chi connectivity index (χ1) is 12.1. The molecule has 0 radical (unpaired) electrons. The van der Waals surface area contributed by atoms with Crippen LogP contribution in [0.2, 0.25) is 5.02 Å². The molecule has 0 bridgehead atoms. The fourth-order valence-corrected chi connectivity index (χ4v) is 3.38. The van der Waals surface area contributed by atoms with Crippen LogP contribution in [0.15, 0.2) is 47.8 Å². The van der Waals surface area contributed by atoms with Crippen LogP contribution in [0, 0.1) is 6.92 Å². The number of rotatable bonds is 5. The number of carbonyl (C=O) groups is 1. The maximum Gasteiger partial charge on any atom is 0.230 e. The molecule has 6 heteroatoms. The second-order valence-electron chi connectivity index (χ2n) is 5.56. The lowest BCUT2D eigenvalue weighted by Gasteiger charge is -2.07. The highest BCUT2D eigenvalue weighted by molar-refractivity contribution is 7.14. The van der Waals surface area contributed by atoms with E-state index in [0.717, 1.165) is 28.1 Å². The number of aromatic nitrogens is 1. The van der Waals surface area contributed by atoms with E-state index in [0.29, 0.717) is 10.2 Å². The molecule has 3 aromatic rings. The van der Waals surface area contributed by atoms with Crippen LogP contribution in [0.3, 0.4) is 0 Å². The first kappa shape index (κ1) is 17.5. The molecule has 2 aromatic carbocycles. The van der Waals surface area contributed by atoms with Crippen molar-refractivity contribution in [3.63, 3.8) is 0 Å². The molecule has 1 N–H and O–H groups in total. The van der Waals surface area contributed by atoms with Gasteiger partial charge in [-0.1, -0.05) is 41.4 Å². The van der Waals surface area contributed by atoms with Crippen LogP contribution in [-0.4, -0.2) is 18.0 Å². The average Bonchev–Trinajstić information content (AvgIpc) is 3.05. The number of halogens is 1. The second kappa shape index (κ2) is 7.68. The van der Waals surface area contributed by atoms with Gasteiger partial charge in [0.2, 0.25) is 5.91 Å². The lowest BCUT2D eigenvalue weighted by Crippen LogP contribution is -2.14. The molecular formula is C19H17ClN2O2S. The number of aryl methyl sites for hydroxylation is 1. The second-order valence-corrected chi connectivity index (χ2v) is 6.82. The van der Waals surface area contributed by atoms with E-state index in [1.807, 2.05) is 48.7 Å². The van der Waals surface area contributed by atoms with Gasteiger partial charge < -0.3 is 10.1 Å². The van der Waals surface area contributed by atoms with E-state index < -0.39 is 0 Å². The maximum absolute atomic E-state index is 12.2. The lowest BCUT2D eigenvalue weighted by atomic mass is 10.1. The molecule has 0 atom stereocenters. The molecule has 0 aliphatic carbocycles. The Labute approximate surface area is 155 Å². The SMILES string of the molecule is COc1ccc(C)cc1-c1csc(NC(=O)Cc2ccccc2Cl)n1. The predicted molar refractivity (Wildman–Crippen MR) is 103 cm³/mol. The van der Waals surface area contributed by atoms with Crippen LogP contribution in [0.25, 0.3) is 11.3 Å². The van der Waals surface area contributed by atoms with Gasteiger partial charge in [0.25, 0.3) is 0 Å². The molecule has 0 aliphatic rings. The minimum atomic E-state index is -0.148. The highest BCUT2D eigenvalue weighted by atomic mass is 35.5. The first-order valence-corrected chi connectivity index (χ1v) is 8.96. The van der Waals surface area contributed by atoms with E-state index in [1.165, 1.54) is 11.3 Å². The minimum absolute atomic E-state index is 0.148. The Balaban J connectivity index is 1.75. The third-order valence-electron chi connectivity index (χ3n) is 3.69. The van der Waals surface area contributed by atoms with Gasteiger partial charge in [-0.3, -0.25) is 4.79 Å². The van der Waals surface area contributed by atoms with Crippen molar-refractivity contribution < 1.29 is 9.53 Å². The Kier molecular flexibility index (Phi) is 5.36. The molecule has 0 unspecified atom stereocenters. The summed E-state index contributed by atoms with van der Waals surface area (Å²) in [5.74, 6) is 0.607. The van der Waals surface area contributed by atoms with Crippen molar-refractivity contribution in [1.29, 1.82) is 0 Å². The summed E-state index contributed by atoms with van der Waals surface area (Å²) >= 11 is 7.48. The number of amides is 1. The van der Waals surface area contributed by atoms with Crippen LogP contribution in [0.1, 0.15) is 11.1 Å². The molecule has 4 nitrogen and oxygen atoms in total. The van der Waals surface area contributed by atoms with Gasteiger partial charge in [-0.25, -0.2) is 4.98 Å². The smallest absolute Gasteiger partial charge is 0.230 e. The Morgan fingerprint density at radius 3 is 2.84 bits per heavy atom. The molecule has 0 fully saturated rings. The highest BCUT2D eigenvalue weighted by Gasteiger charge is 2.13. The van der Waals surface area contributed by atoms with Crippen molar-refractivity contribution in [3.8, 4) is 17.0 Å². The van der Waals surface area contributed by atoms with Crippen molar-refractivity contribution in [1.82, 2.24) is 4.98 Å². The predicted octanol–water partition coefficient (Wildman–Crippen LogP) is 4.96. The summed E-state index contributed by atoms with van der Waals surface area (Å²) in [4.78, 5) is 16.7. The molecular weight excluding hydrogens is 356 g/mol. The zero-order valence-corrected chi connectivity index (χ0v) is 15.4. The van der Waals surface area contributed by atoms with Gasteiger partial charge in [-0.15, -0.1) is 11.3 Å². The number of methoxy groups -OCH3 is 1. The van der Waals surface area contributed by atoms with Crippen molar-refractivity contribution in [2.75, 3.05) is 12.4 Å². The quantitative estimate of drug-likeness (QED) is 0.688. The van der Waals surface area contributed by atoms with Gasteiger partial charge in [0.05, 0.1) is 19.2 Å². The third-order valence-corrected chi connectivity index (χ3v) is 4.82. The molecule has 25 heavy (non-hydrogen) atoms. The number of ether oxygens (including phenoxy) is 1. The van der Waals surface area contributed by atoms with E-state index in [-0.39, 0.29) is 12.3 Å². The normalized spacial score (nSPS) is 10.5. The van der Waals surface area contributed by atoms with Crippen molar-refractivity contribution in [2.45, 2.75) is 13.3 Å².